The van der Waals surface area contributed by atoms with Crippen molar-refractivity contribution in [2.75, 3.05) is 18.1 Å². The van der Waals surface area contributed by atoms with Gasteiger partial charge in [-0.15, -0.1) is 0 Å². The third-order valence-electron chi connectivity index (χ3n) is 4.46. The van der Waals surface area contributed by atoms with E-state index < -0.39 is 0 Å². The molecule has 0 aliphatic carbocycles. The van der Waals surface area contributed by atoms with Gasteiger partial charge in [0, 0.05) is 19.2 Å². The van der Waals surface area contributed by atoms with Gasteiger partial charge in [-0.25, -0.2) is 9.97 Å². The van der Waals surface area contributed by atoms with Crippen LogP contribution in [0.25, 0.3) is 11.2 Å². The van der Waals surface area contributed by atoms with E-state index in [1.807, 2.05) is 12.3 Å². The summed E-state index contributed by atoms with van der Waals surface area (Å²) in [7, 11) is 0. The quantitative estimate of drug-likeness (QED) is 0.871. The molecule has 2 aromatic rings. The first-order valence-corrected chi connectivity index (χ1v) is 9.08. The molecule has 2 aliphatic heterocycles. The zero-order valence-corrected chi connectivity index (χ0v) is 13.0. The van der Waals surface area contributed by atoms with Crippen molar-refractivity contribution in [1.29, 1.82) is 0 Å². The lowest BCUT2D eigenvalue weighted by Gasteiger charge is -2.26. The molecule has 0 N–H and O–H groups in total. The predicted molar refractivity (Wildman–Crippen MR) is 85.5 cm³/mol. The SMILES string of the molecule is c1cnc2c(c1)nc(CC1CCSC1)n2C1CCCCO1. The lowest BCUT2D eigenvalue weighted by molar-refractivity contribution is -0.0315. The summed E-state index contributed by atoms with van der Waals surface area (Å²) < 4.78 is 8.29. The van der Waals surface area contributed by atoms with Gasteiger partial charge in [-0.05, 0) is 55.2 Å². The number of aromatic nitrogens is 3. The number of hydrogen-bond donors (Lipinski definition) is 0. The average Bonchev–Trinajstić information content (AvgIpc) is 3.15. The molecule has 21 heavy (non-hydrogen) atoms. The molecule has 2 unspecified atom stereocenters. The number of hydrogen-bond acceptors (Lipinski definition) is 4. The number of rotatable bonds is 3. The minimum Gasteiger partial charge on any atom is -0.358 e. The minimum atomic E-state index is 0.128. The molecule has 0 saturated carbocycles. The Morgan fingerprint density at radius 1 is 1.33 bits per heavy atom. The summed E-state index contributed by atoms with van der Waals surface area (Å²) in [4.78, 5) is 9.43. The lowest BCUT2D eigenvalue weighted by Crippen LogP contribution is -2.21. The van der Waals surface area contributed by atoms with Crippen LogP contribution in [0.1, 0.15) is 37.7 Å². The fraction of sp³-hybridized carbons (Fsp3) is 0.625. The van der Waals surface area contributed by atoms with Gasteiger partial charge in [-0.2, -0.15) is 11.8 Å². The number of ether oxygens (including phenoxy) is 1. The van der Waals surface area contributed by atoms with E-state index >= 15 is 0 Å². The maximum absolute atomic E-state index is 6.01. The van der Waals surface area contributed by atoms with Crippen LogP contribution in [0.3, 0.4) is 0 Å². The third kappa shape index (κ3) is 2.69. The van der Waals surface area contributed by atoms with Gasteiger partial charge < -0.3 is 4.74 Å². The van der Waals surface area contributed by atoms with E-state index in [-0.39, 0.29) is 6.23 Å². The molecular formula is C16H21N3OS. The predicted octanol–water partition coefficient (Wildman–Crippen LogP) is 3.43. The molecule has 2 aliphatic rings. The molecule has 0 aromatic carbocycles. The highest BCUT2D eigenvalue weighted by Gasteiger charge is 2.25. The van der Waals surface area contributed by atoms with Crippen LogP contribution in [0, 0.1) is 5.92 Å². The second-order valence-electron chi connectivity index (χ2n) is 6.00. The van der Waals surface area contributed by atoms with E-state index in [9.17, 15) is 0 Å². The Morgan fingerprint density at radius 2 is 2.33 bits per heavy atom. The van der Waals surface area contributed by atoms with E-state index in [1.54, 1.807) is 0 Å². The average molecular weight is 303 g/mol. The second-order valence-corrected chi connectivity index (χ2v) is 7.15. The van der Waals surface area contributed by atoms with Gasteiger partial charge in [0.05, 0.1) is 0 Å². The number of thioether (sulfide) groups is 1. The van der Waals surface area contributed by atoms with Crippen molar-refractivity contribution in [3.05, 3.63) is 24.2 Å². The summed E-state index contributed by atoms with van der Waals surface area (Å²) in [5.74, 6) is 4.49. The van der Waals surface area contributed by atoms with E-state index in [0.717, 1.165) is 36.5 Å². The highest BCUT2D eigenvalue weighted by atomic mass is 32.2. The van der Waals surface area contributed by atoms with Gasteiger partial charge in [-0.1, -0.05) is 0 Å². The van der Waals surface area contributed by atoms with Gasteiger partial charge in [-0.3, -0.25) is 4.57 Å². The molecule has 112 valence electrons. The first-order chi connectivity index (χ1) is 10.4. The Labute approximate surface area is 129 Å². The maximum Gasteiger partial charge on any atom is 0.162 e. The van der Waals surface area contributed by atoms with E-state index in [4.69, 9.17) is 9.72 Å². The van der Waals surface area contributed by atoms with Crippen molar-refractivity contribution in [2.45, 2.75) is 38.3 Å². The third-order valence-corrected chi connectivity index (χ3v) is 5.69. The largest absolute Gasteiger partial charge is 0.358 e. The summed E-state index contributed by atoms with van der Waals surface area (Å²) in [5.41, 5.74) is 2.00. The maximum atomic E-state index is 6.01. The van der Waals surface area contributed by atoms with Gasteiger partial charge >= 0.3 is 0 Å². The fourth-order valence-corrected chi connectivity index (χ4v) is 4.64. The summed E-state index contributed by atoms with van der Waals surface area (Å²) in [6, 6.07) is 4.03. The summed E-state index contributed by atoms with van der Waals surface area (Å²) >= 11 is 2.07. The van der Waals surface area contributed by atoms with Gasteiger partial charge in [0.2, 0.25) is 0 Å². The van der Waals surface area contributed by atoms with Crippen molar-refractivity contribution >= 4 is 22.9 Å². The van der Waals surface area contributed by atoms with Crippen molar-refractivity contribution in [1.82, 2.24) is 14.5 Å². The molecule has 2 fully saturated rings. The zero-order valence-electron chi connectivity index (χ0n) is 12.2. The second kappa shape index (κ2) is 5.97. The molecular weight excluding hydrogens is 282 g/mol. The van der Waals surface area contributed by atoms with Crippen molar-refractivity contribution < 1.29 is 4.74 Å². The van der Waals surface area contributed by atoms with E-state index in [1.165, 1.54) is 36.6 Å². The molecule has 4 nitrogen and oxygen atoms in total. The molecule has 0 amide bonds. The van der Waals surface area contributed by atoms with Crippen LogP contribution < -0.4 is 0 Å². The Kier molecular flexibility index (Phi) is 3.86. The molecule has 2 atom stereocenters. The summed E-state index contributed by atoms with van der Waals surface area (Å²) in [5, 5.41) is 0. The van der Waals surface area contributed by atoms with Crippen LogP contribution in [-0.2, 0) is 11.2 Å². The van der Waals surface area contributed by atoms with Gasteiger partial charge in [0.25, 0.3) is 0 Å². The molecule has 2 aromatic heterocycles. The standard InChI is InChI=1S/C16H21N3OS/c1-2-8-20-15(5-1)19-14(10-12-6-9-21-11-12)18-13-4-3-7-17-16(13)19/h3-4,7,12,15H,1-2,5-6,8-11H2. The van der Waals surface area contributed by atoms with Crippen molar-refractivity contribution in [3.8, 4) is 0 Å². The van der Waals surface area contributed by atoms with Crippen LogP contribution in [0.4, 0.5) is 0 Å². The normalized spacial score (nSPS) is 26.5. The first kappa shape index (κ1) is 13.6. The number of imidazole rings is 1. The molecule has 0 radical (unpaired) electrons. The molecule has 2 saturated heterocycles. The smallest absolute Gasteiger partial charge is 0.162 e. The summed E-state index contributed by atoms with van der Waals surface area (Å²) in [6.45, 7) is 0.857. The topological polar surface area (TPSA) is 39.9 Å². The molecule has 5 heteroatoms. The first-order valence-electron chi connectivity index (χ1n) is 7.93. The Balaban J connectivity index is 1.72. The Morgan fingerprint density at radius 3 is 3.14 bits per heavy atom. The molecule has 0 bridgehead atoms. The molecule has 4 rings (SSSR count). The van der Waals surface area contributed by atoms with Crippen LogP contribution in [0.5, 0.6) is 0 Å². The van der Waals surface area contributed by atoms with Crippen molar-refractivity contribution in [3.63, 3.8) is 0 Å². The van der Waals surface area contributed by atoms with Crippen LogP contribution >= 0.6 is 11.8 Å². The van der Waals surface area contributed by atoms with Crippen LogP contribution in [-0.4, -0.2) is 32.6 Å². The van der Waals surface area contributed by atoms with Crippen molar-refractivity contribution in [2.24, 2.45) is 5.92 Å². The highest BCUT2D eigenvalue weighted by Crippen LogP contribution is 2.31. The van der Waals surface area contributed by atoms with Crippen LogP contribution in [0.15, 0.2) is 18.3 Å². The van der Waals surface area contributed by atoms with Crippen LogP contribution in [0.2, 0.25) is 0 Å². The monoisotopic (exact) mass is 303 g/mol. The fourth-order valence-electron chi connectivity index (χ4n) is 3.35. The number of nitrogens with zero attached hydrogens (tertiary/aromatic N) is 3. The summed E-state index contributed by atoms with van der Waals surface area (Å²) in [6.07, 6.45) is 7.84. The Bertz CT molecular complexity index is 615. The van der Waals surface area contributed by atoms with E-state index in [2.05, 4.69) is 27.4 Å². The van der Waals surface area contributed by atoms with E-state index in [0.29, 0.717) is 0 Å². The number of pyridine rings is 1. The van der Waals surface area contributed by atoms with Gasteiger partial charge in [0.15, 0.2) is 5.65 Å². The lowest BCUT2D eigenvalue weighted by atomic mass is 10.0. The van der Waals surface area contributed by atoms with Gasteiger partial charge in [0.1, 0.15) is 17.6 Å². The molecule has 0 spiro atoms. The number of fused-ring (bicyclic) bond motifs is 1. The Hall–Kier alpha value is -1.07. The minimum absolute atomic E-state index is 0.128. The zero-order chi connectivity index (χ0) is 14.1. The molecule has 4 heterocycles. The highest BCUT2D eigenvalue weighted by molar-refractivity contribution is 7.99.